The summed E-state index contributed by atoms with van der Waals surface area (Å²) in [6.45, 7) is 6.17. The molecule has 3 rings (SSSR count). The Morgan fingerprint density at radius 3 is 2.38 bits per heavy atom. The van der Waals surface area contributed by atoms with E-state index in [1.54, 1.807) is 6.07 Å². The molecule has 1 N–H and O–H groups in total. The molecule has 0 bridgehead atoms. The van der Waals surface area contributed by atoms with Crippen LogP contribution in [0.1, 0.15) is 36.8 Å². The van der Waals surface area contributed by atoms with E-state index in [1.807, 2.05) is 30.9 Å². The number of piperazine rings is 1. The second kappa shape index (κ2) is 8.06. The second-order valence-electron chi connectivity index (χ2n) is 7.50. The Morgan fingerprint density at radius 2 is 1.77 bits per heavy atom. The molecule has 0 radical (unpaired) electrons. The van der Waals surface area contributed by atoms with Crippen molar-refractivity contribution in [2.45, 2.75) is 50.5 Å². The third-order valence-corrected chi connectivity index (χ3v) is 7.43. The molecule has 1 heterocycles. The standard InChI is InChI=1S/C19H29N3O3S/c1-15-7-8-18(16(2)13-15)26(24,25)22-11-9-21(10-12-22)14-19(23)20-17-5-3-4-6-17/h7-8,13,17H,3-6,9-12,14H2,1-2H3,(H,20,23). The molecule has 1 aliphatic carbocycles. The number of amides is 1. The highest BCUT2D eigenvalue weighted by Gasteiger charge is 2.30. The second-order valence-corrected chi connectivity index (χ2v) is 9.40. The maximum atomic E-state index is 12.9. The Labute approximate surface area is 156 Å². The molecule has 144 valence electrons. The number of carbonyl (C=O) groups excluding carboxylic acids is 1. The molecule has 2 aliphatic rings. The summed E-state index contributed by atoms with van der Waals surface area (Å²) in [4.78, 5) is 14.6. The lowest BCUT2D eigenvalue weighted by atomic mass is 10.2. The highest BCUT2D eigenvalue weighted by molar-refractivity contribution is 7.89. The number of sulfonamides is 1. The van der Waals surface area contributed by atoms with E-state index in [0.717, 1.165) is 24.0 Å². The van der Waals surface area contributed by atoms with Crippen molar-refractivity contribution < 1.29 is 13.2 Å². The van der Waals surface area contributed by atoms with Gasteiger partial charge < -0.3 is 5.32 Å². The Hall–Kier alpha value is -1.44. The number of hydrogen-bond donors (Lipinski definition) is 1. The van der Waals surface area contributed by atoms with Gasteiger partial charge in [0.2, 0.25) is 15.9 Å². The van der Waals surface area contributed by atoms with Crippen molar-refractivity contribution in [1.82, 2.24) is 14.5 Å². The third-order valence-electron chi connectivity index (χ3n) is 5.37. The van der Waals surface area contributed by atoms with E-state index < -0.39 is 10.0 Å². The van der Waals surface area contributed by atoms with Crippen LogP contribution in [-0.2, 0) is 14.8 Å². The molecule has 0 spiro atoms. The van der Waals surface area contributed by atoms with Crippen LogP contribution >= 0.6 is 0 Å². The van der Waals surface area contributed by atoms with E-state index >= 15 is 0 Å². The molecule has 26 heavy (non-hydrogen) atoms. The number of nitrogens with one attached hydrogen (secondary N) is 1. The van der Waals surface area contributed by atoms with Crippen LogP contribution in [0.4, 0.5) is 0 Å². The van der Waals surface area contributed by atoms with Crippen molar-refractivity contribution >= 4 is 15.9 Å². The summed E-state index contributed by atoms with van der Waals surface area (Å²) in [5.41, 5.74) is 1.84. The van der Waals surface area contributed by atoms with Gasteiger partial charge in [-0.05, 0) is 38.3 Å². The van der Waals surface area contributed by atoms with Crippen molar-refractivity contribution in [2.75, 3.05) is 32.7 Å². The molecule has 1 aliphatic heterocycles. The first-order valence-corrected chi connectivity index (χ1v) is 10.9. The Bertz CT molecular complexity index is 749. The average Bonchev–Trinajstić information content (AvgIpc) is 3.07. The van der Waals surface area contributed by atoms with E-state index in [4.69, 9.17) is 0 Å². The summed E-state index contributed by atoms with van der Waals surface area (Å²) in [5, 5.41) is 3.09. The summed E-state index contributed by atoms with van der Waals surface area (Å²) < 4.78 is 27.4. The highest BCUT2D eigenvalue weighted by atomic mass is 32.2. The molecule has 1 saturated carbocycles. The van der Waals surface area contributed by atoms with Gasteiger partial charge in [-0.3, -0.25) is 9.69 Å². The number of rotatable bonds is 5. The topological polar surface area (TPSA) is 69.7 Å². The lowest BCUT2D eigenvalue weighted by molar-refractivity contribution is -0.123. The Balaban J connectivity index is 1.54. The lowest BCUT2D eigenvalue weighted by Crippen LogP contribution is -2.51. The van der Waals surface area contributed by atoms with Crippen molar-refractivity contribution in [1.29, 1.82) is 0 Å². The quantitative estimate of drug-likeness (QED) is 0.845. The zero-order valence-corrected chi connectivity index (χ0v) is 16.5. The monoisotopic (exact) mass is 379 g/mol. The van der Waals surface area contributed by atoms with E-state index in [9.17, 15) is 13.2 Å². The first kappa shape index (κ1) is 19.3. The maximum Gasteiger partial charge on any atom is 0.243 e. The van der Waals surface area contributed by atoms with E-state index in [0.29, 0.717) is 43.7 Å². The minimum atomic E-state index is -3.47. The molecule has 0 atom stereocenters. The minimum absolute atomic E-state index is 0.0580. The molecule has 1 aromatic rings. The molecular formula is C19H29N3O3S. The van der Waals surface area contributed by atoms with Crippen LogP contribution < -0.4 is 5.32 Å². The normalized spacial score (nSPS) is 20.4. The van der Waals surface area contributed by atoms with Crippen molar-refractivity contribution in [2.24, 2.45) is 0 Å². The van der Waals surface area contributed by atoms with Gasteiger partial charge in [-0.25, -0.2) is 8.42 Å². The van der Waals surface area contributed by atoms with Crippen LogP contribution in [0.5, 0.6) is 0 Å². The van der Waals surface area contributed by atoms with E-state index in [1.165, 1.54) is 17.1 Å². The molecule has 6 nitrogen and oxygen atoms in total. The first-order valence-electron chi connectivity index (χ1n) is 9.45. The zero-order chi connectivity index (χ0) is 18.7. The van der Waals surface area contributed by atoms with Gasteiger partial charge in [-0.2, -0.15) is 4.31 Å². The van der Waals surface area contributed by atoms with Crippen LogP contribution in [0.15, 0.2) is 23.1 Å². The number of carbonyl (C=O) groups is 1. The average molecular weight is 380 g/mol. The first-order chi connectivity index (χ1) is 12.4. The predicted molar refractivity (Wildman–Crippen MR) is 102 cm³/mol. The van der Waals surface area contributed by atoms with Crippen LogP contribution in [0.3, 0.4) is 0 Å². The molecule has 7 heteroatoms. The van der Waals surface area contributed by atoms with Gasteiger partial charge in [0.05, 0.1) is 11.4 Å². The molecule has 0 unspecified atom stereocenters. The summed E-state index contributed by atoms with van der Waals surface area (Å²) >= 11 is 0. The minimum Gasteiger partial charge on any atom is -0.352 e. The lowest BCUT2D eigenvalue weighted by Gasteiger charge is -2.34. The molecule has 2 fully saturated rings. The number of nitrogens with zero attached hydrogens (tertiary/aromatic N) is 2. The predicted octanol–water partition coefficient (Wildman–Crippen LogP) is 1.67. The van der Waals surface area contributed by atoms with Gasteiger partial charge >= 0.3 is 0 Å². The van der Waals surface area contributed by atoms with Crippen molar-refractivity contribution in [3.05, 3.63) is 29.3 Å². The number of hydrogen-bond acceptors (Lipinski definition) is 4. The fourth-order valence-electron chi connectivity index (χ4n) is 3.90. The summed E-state index contributed by atoms with van der Waals surface area (Å²) in [6, 6.07) is 5.76. The SMILES string of the molecule is Cc1ccc(S(=O)(=O)N2CCN(CC(=O)NC3CCCC3)CC2)c(C)c1. The zero-order valence-electron chi connectivity index (χ0n) is 15.7. The molecule has 1 saturated heterocycles. The van der Waals surface area contributed by atoms with Gasteiger partial charge in [-0.15, -0.1) is 0 Å². The summed E-state index contributed by atoms with van der Waals surface area (Å²) in [6.07, 6.45) is 4.54. The maximum absolute atomic E-state index is 12.9. The van der Waals surface area contributed by atoms with E-state index in [2.05, 4.69) is 5.32 Å². The van der Waals surface area contributed by atoms with Crippen LogP contribution in [0.25, 0.3) is 0 Å². The fourth-order valence-corrected chi connectivity index (χ4v) is 5.53. The van der Waals surface area contributed by atoms with Crippen molar-refractivity contribution in [3.63, 3.8) is 0 Å². The molecular weight excluding hydrogens is 350 g/mol. The largest absolute Gasteiger partial charge is 0.352 e. The summed E-state index contributed by atoms with van der Waals surface area (Å²) in [7, 11) is -3.47. The Kier molecular flexibility index (Phi) is 5.99. The summed E-state index contributed by atoms with van der Waals surface area (Å²) in [5.74, 6) is 0.0580. The third kappa shape index (κ3) is 4.45. The van der Waals surface area contributed by atoms with Crippen LogP contribution in [0.2, 0.25) is 0 Å². The highest BCUT2D eigenvalue weighted by Crippen LogP contribution is 2.22. The molecule has 1 amide bonds. The van der Waals surface area contributed by atoms with Gasteiger partial charge in [-0.1, -0.05) is 30.5 Å². The number of aryl methyl sites for hydroxylation is 2. The molecule has 1 aromatic carbocycles. The van der Waals surface area contributed by atoms with Gasteiger partial charge in [0.25, 0.3) is 0 Å². The smallest absolute Gasteiger partial charge is 0.243 e. The van der Waals surface area contributed by atoms with Gasteiger partial charge in [0, 0.05) is 32.2 Å². The van der Waals surface area contributed by atoms with Crippen LogP contribution in [-0.4, -0.2) is 62.3 Å². The van der Waals surface area contributed by atoms with E-state index in [-0.39, 0.29) is 5.91 Å². The van der Waals surface area contributed by atoms with Gasteiger partial charge in [0.1, 0.15) is 0 Å². The van der Waals surface area contributed by atoms with Gasteiger partial charge in [0.15, 0.2) is 0 Å². The van der Waals surface area contributed by atoms with Crippen molar-refractivity contribution in [3.8, 4) is 0 Å². The fraction of sp³-hybridized carbons (Fsp3) is 0.632. The molecule has 0 aromatic heterocycles. The Morgan fingerprint density at radius 1 is 1.12 bits per heavy atom. The number of benzene rings is 1. The van der Waals surface area contributed by atoms with Crippen LogP contribution in [0, 0.1) is 13.8 Å².